The number of methoxy groups -OCH3 is 1. The van der Waals surface area contributed by atoms with Crippen LogP contribution in [0.25, 0.3) is 11.1 Å². The number of nitrogens with two attached hydrogens (primary N) is 1. The van der Waals surface area contributed by atoms with E-state index >= 15 is 0 Å². The Morgan fingerprint density at radius 3 is 1.92 bits per heavy atom. The molecule has 1 heterocycles. The Labute approximate surface area is 340 Å². The molecule has 4 aromatic rings. The summed E-state index contributed by atoms with van der Waals surface area (Å²) in [4.78, 5) is 39.7. The van der Waals surface area contributed by atoms with Crippen molar-refractivity contribution in [3.05, 3.63) is 111 Å². The quantitative estimate of drug-likeness (QED) is 0.0734. The largest absolute Gasteiger partial charge is 0.508 e. The highest BCUT2D eigenvalue weighted by atomic mass is 16.7. The van der Waals surface area contributed by atoms with E-state index in [-0.39, 0.29) is 45.9 Å². The van der Waals surface area contributed by atoms with E-state index < -0.39 is 95.7 Å². The van der Waals surface area contributed by atoms with Gasteiger partial charge in [0.05, 0.1) is 42.1 Å². The van der Waals surface area contributed by atoms with Gasteiger partial charge in [-0.05, 0) is 72.4 Å². The van der Waals surface area contributed by atoms with E-state index in [4.69, 9.17) is 19.9 Å². The van der Waals surface area contributed by atoms with Crippen molar-refractivity contribution in [1.29, 1.82) is 0 Å². The third kappa shape index (κ3) is 8.07. The van der Waals surface area contributed by atoms with Crippen molar-refractivity contribution in [3.8, 4) is 28.7 Å². The van der Waals surface area contributed by atoms with Gasteiger partial charge in [-0.25, -0.2) is 0 Å². The van der Waals surface area contributed by atoms with Crippen molar-refractivity contribution < 1.29 is 64.3 Å². The fourth-order valence-electron chi connectivity index (χ4n) is 8.26. The first-order valence-electron chi connectivity index (χ1n) is 19.4. The Balaban J connectivity index is 0.000000246. The number of hydrogen-bond acceptors (Lipinski definition) is 14. The molecule has 3 aliphatic rings. The molecule has 1 aliphatic heterocycles. The second kappa shape index (κ2) is 17.3. The molecule has 0 amide bonds. The SMILES string of the molecule is CC/C(=C(/CC)c1ccc(O)cc1)c1ccc(O)cc1.COc1cccc2c1C(=O)c1c(O)c3c(c(O)c1C2=O)C[C@@](O)(C(=O)CO)C[C@@H]3O[C@H]1C[C@H](N)[C@@H](O)[C@H](C)O1. The minimum Gasteiger partial charge on any atom is -0.508 e. The molecular formula is C45H49NO13. The molecule has 0 bridgehead atoms. The first kappa shape index (κ1) is 43.0. The topological polar surface area (TPSA) is 247 Å². The number of phenols is 4. The van der Waals surface area contributed by atoms with Gasteiger partial charge < -0.3 is 55.7 Å². The first-order chi connectivity index (χ1) is 28.1. The van der Waals surface area contributed by atoms with Crippen molar-refractivity contribution in [2.45, 2.75) is 89.1 Å². The van der Waals surface area contributed by atoms with Crippen molar-refractivity contribution in [2.24, 2.45) is 5.73 Å². The van der Waals surface area contributed by atoms with Gasteiger partial charge in [0.25, 0.3) is 0 Å². The lowest BCUT2D eigenvalue weighted by Gasteiger charge is -2.42. The number of Topliss-reactive ketones (excluding diaryl/α,β-unsaturated/α-hetero) is 1. The Kier molecular flexibility index (Phi) is 12.6. The molecule has 7 rings (SSSR count). The molecule has 312 valence electrons. The number of ketones is 3. The molecule has 14 heteroatoms. The maximum Gasteiger partial charge on any atom is 0.202 e. The summed E-state index contributed by atoms with van der Waals surface area (Å²) in [6.45, 7) is 4.83. The van der Waals surface area contributed by atoms with Crippen LogP contribution in [0.5, 0.6) is 28.7 Å². The molecule has 4 aromatic carbocycles. The second-order valence-electron chi connectivity index (χ2n) is 14.9. The monoisotopic (exact) mass is 811 g/mol. The van der Waals surface area contributed by atoms with Crippen LogP contribution < -0.4 is 10.5 Å². The molecule has 0 radical (unpaired) electrons. The zero-order chi connectivity index (χ0) is 42.9. The minimum absolute atomic E-state index is 0.0173. The van der Waals surface area contributed by atoms with Crippen molar-refractivity contribution in [2.75, 3.05) is 13.7 Å². The van der Waals surface area contributed by atoms with E-state index in [0.717, 1.165) is 24.0 Å². The lowest BCUT2D eigenvalue weighted by atomic mass is 9.72. The van der Waals surface area contributed by atoms with Crippen LogP contribution in [-0.4, -0.2) is 97.0 Å². The van der Waals surface area contributed by atoms with Crippen LogP contribution >= 0.6 is 0 Å². The second-order valence-corrected chi connectivity index (χ2v) is 14.9. The number of rotatable bonds is 9. The Hall–Kier alpha value is -5.61. The van der Waals surface area contributed by atoms with Gasteiger partial charge in [0.15, 0.2) is 17.9 Å². The van der Waals surface area contributed by atoms with Gasteiger partial charge in [0.2, 0.25) is 5.78 Å². The Morgan fingerprint density at radius 2 is 1.41 bits per heavy atom. The van der Waals surface area contributed by atoms with E-state index in [1.54, 1.807) is 31.2 Å². The number of hydrogen-bond donors (Lipinski definition) is 8. The normalized spacial score (nSPS) is 23.8. The van der Waals surface area contributed by atoms with Crippen LogP contribution in [0.4, 0.5) is 0 Å². The summed E-state index contributed by atoms with van der Waals surface area (Å²) in [6.07, 6.45) is -3.27. The van der Waals surface area contributed by atoms with Gasteiger partial charge in [0.1, 0.15) is 41.0 Å². The number of aliphatic hydroxyl groups is 3. The summed E-state index contributed by atoms with van der Waals surface area (Å²) in [7, 11) is 1.32. The van der Waals surface area contributed by atoms with Crippen molar-refractivity contribution >= 4 is 28.5 Å². The standard InChI is InChI=1S/C27H29NO11.C18H20O2/c1-10-22(31)13(28)6-17(38-10)39-15-8-27(36,16(30)9-29)7-12-19(15)26(35)21-20(24(12)33)23(32)11-4-3-5-14(37-2)18(11)25(21)34;1-3-17(13-5-9-15(19)10-6-13)18(4-2)14-7-11-16(20)12-8-14/h3-5,10,13,15,17,22,29,31,33,35-36H,6-9,28H2,1-2H3;5-12,19-20H,3-4H2,1-2H3/b;18-17+/t10-,13-,15-,17-,22-,27-;/m0./s1. The summed E-state index contributed by atoms with van der Waals surface area (Å²) in [5.74, 6) is -3.21. The molecule has 1 saturated heterocycles. The Morgan fingerprint density at radius 1 is 0.847 bits per heavy atom. The van der Waals surface area contributed by atoms with Gasteiger partial charge in [-0.3, -0.25) is 14.4 Å². The van der Waals surface area contributed by atoms with E-state index in [1.807, 2.05) is 24.3 Å². The smallest absolute Gasteiger partial charge is 0.202 e. The molecule has 14 nitrogen and oxygen atoms in total. The van der Waals surface area contributed by atoms with Crippen LogP contribution in [-0.2, 0) is 20.7 Å². The fraction of sp³-hybridized carbons (Fsp3) is 0.356. The van der Waals surface area contributed by atoms with Gasteiger partial charge in [-0.1, -0.05) is 50.2 Å². The summed E-state index contributed by atoms with van der Waals surface area (Å²) in [5, 5.41) is 72.5. The van der Waals surface area contributed by atoms with Gasteiger partial charge in [-0.15, -0.1) is 0 Å². The molecule has 0 aromatic heterocycles. The maximum atomic E-state index is 13.6. The van der Waals surface area contributed by atoms with Crippen LogP contribution in [0.1, 0.15) is 107 Å². The maximum absolute atomic E-state index is 13.6. The highest BCUT2D eigenvalue weighted by molar-refractivity contribution is 6.31. The summed E-state index contributed by atoms with van der Waals surface area (Å²) in [6, 6.07) is 18.3. The molecule has 1 fully saturated rings. The lowest BCUT2D eigenvalue weighted by molar-refractivity contribution is -0.247. The van der Waals surface area contributed by atoms with E-state index in [2.05, 4.69) is 13.8 Å². The van der Waals surface area contributed by atoms with Crippen molar-refractivity contribution in [1.82, 2.24) is 0 Å². The lowest BCUT2D eigenvalue weighted by Crippen LogP contribution is -2.53. The molecule has 0 saturated carbocycles. The predicted octanol–water partition coefficient (Wildman–Crippen LogP) is 4.83. The summed E-state index contributed by atoms with van der Waals surface area (Å²) in [5.41, 5.74) is 7.19. The summed E-state index contributed by atoms with van der Waals surface area (Å²) < 4.78 is 17.0. The average molecular weight is 812 g/mol. The van der Waals surface area contributed by atoms with Gasteiger partial charge in [-0.2, -0.15) is 0 Å². The van der Waals surface area contributed by atoms with Crippen molar-refractivity contribution in [3.63, 3.8) is 0 Å². The molecule has 6 atom stereocenters. The van der Waals surface area contributed by atoms with Gasteiger partial charge in [0, 0.05) is 42.0 Å². The number of aliphatic hydroxyl groups excluding tert-OH is 2. The zero-order valence-corrected chi connectivity index (χ0v) is 33.1. The third-order valence-corrected chi connectivity index (χ3v) is 11.3. The van der Waals surface area contributed by atoms with E-state index in [0.29, 0.717) is 0 Å². The number of benzene rings is 4. The Bertz CT molecular complexity index is 2220. The molecular weight excluding hydrogens is 762 g/mol. The van der Waals surface area contributed by atoms with Gasteiger partial charge >= 0.3 is 0 Å². The van der Waals surface area contributed by atoms with E-state index in [1.165, 1.54) is 36.5 Å². The number of ether oxygens (including phenoxy) is 3. The molecule has 0 unspecified atom stereocenters. The predicted molar refractivity (Wildman–Crippen MR) is 215 cm³/mol. The first-order valence-corrected chi connectivity index (χ1v) is 19.4. The fourth-order valence-corrected chi connectivity index (χ4v) is 8.26. The van der Waals surface area contributed by atoms with E-state index in [9.17, 15) is 50.1 Å². The highest BCUT2D eigenvalue weighted by Crippen LogP contribution is 2.52. The molecule has 0 spiro atoms. The van der Waals surface area contributed by atoms with Crippen LogP contribution in [0.2, 0.25) is 0 Å². The average Bonchev–Trinajstić information content (AvgIpc) is 3.22. The number of allylic oxidation sites excluding steroid dienone is 2. The summed E-state index contributed by atoms with van der Waals surface area (Å²) >= 11 is 0. The molecule has 59 heavy (non-hydrogen) atoms. The molecule has 2 aliphatic carbocycles. The minimum atomic E-state index is -2.24. The van der Waals surface area contributed by atoms with Crippen LogP contribution in [0.3, 0.4) is 0 Å². The zero-order valence-electron chi connectivity index (χ0n) is 33.1. The number of carbonyl (C=O) groups excluding carboxylic acids is 3. The number of carbonyl (C=O) groups is 3. The third-order valence-electron chi connectivity index (χ3n) is 11.3. The number of aromatic hydroxyl groups is 4. The number of phenolic OH excluding ortho intramolecular Hbond substituents is 4. The van der Waals surface area contributed by atoms with Crippen LogP contribution in [0.15, 0.2) is 66.7 Å². The number of fused-ring (bicyclic) bond motifs is 3. The molecule has 9 N–H and O–H groups in total. The van der Waals surface area contributed by atoms with Crippen LogP contribution in [0, 0.1) is 0 Å². The highest BCUT2D eigenvalue weighted by Gasteiger charge is 2.50.